The number of carbonyl (C=O) groups is 1. The first-order valence-corrected chi connectivity index (χ1v) is 13.2. The SMILES string of the molecule is CC(=O)NCCOCCN1CCN(CCCN2c3ccccc3Sc3ccc(C(F)(F)F)cc32)CC1. The summed E-state index contributed by atoms with van der Waals surface area (Å²) in [6.45, 7) is 9.49. The smallest absolute Gasteiger partial charge is 0.378 e. The highest BCUT2D eigenvalue weighted by molar-refractivity contribution is 7.99. The summed E-state index contributed by atoms with van der Waals surface area (Å²) in [6.07, 6.45) is -3.50. The van der Waals surface area contributed by atoms with E-state index >= 15 is 0 Å². The maximum Gasteiger partial charge on any atom is 0.416 e. The van der Waals surface area contributed by atoms with Gasteiger partial charge in [-0.1, -0.05) is 23.9 Å². The van der Waals surface area contributed by atoms with Gasteiger partial charge in [-0.3, -0.25) is 9.69 Å². The molecular formula is C26H33F3N4O2S. The third kappa shape index (κ3) is 7.15. The van der Waals surface area contributed by atoms with Gasteiger partial charge in [0.25, 0.3) is 0 Å². The molecule has 0 aliphatic carbocycles. The van der Waals surface area contributed by atoms with Gasteiger partial charge in [0, 0.05) is 62.5 Å². The predicted molar refractivity (Wildman–Crippen MR) is 136 cm³/mol. The van der Waals surface area contributed by atoms with E-state index in [0.29, 0.717) is 32.0 Å². The van der Waals surface area contributed by atoms with E-state index in [0.717, 1.165) is 61.2 Å². The zero-order valence-corrected chi connectivity index (χ0v) is 21.3. The number of alkyl halides is 3. The van der Waals surface area contributed by atoms with Crippen LogP contribution >= 0.6 is 11.8 Å². The lowest BCUT2D eigenvalue weighted by atomic mass is 10.1. The van der Waals surface area contributed by atoms with Gasteiger partial charge >= 0.3 is 6.18 Å². The first-order valence-electron chi connectivity index (χ1n) is 12.3. The van der Waals surface area contributed by atoms with Gasteiger partial charge in [0.1, 0.15) is 0 Å². The Kier molecular flexibility index (Phi) is 9.16. The Hall–Kier alpha value is -2.27. The highest BCUT2D eigenvalue weighted by atomic mass is 32.2. The number of carbonyl (C=O) groups excluding carboxylic acids is 1. The summed E-state index contributed by atoms with van der Waals surface area (Å²) in [5, 5.41) is 2.71. The van der Waals surface area contributed by atoms with Crippen molar-refractivity contribution < 1.29 is 22.7 Å². The van der Waals surface area contributed by atoms with Crippen molar-refractivity contribution in [2.75, 3.05) is 70.5 Å². The first kappa shape index (κ1) is 26.8. The van der Waals surface area contributed by atoms with E-state index in [2.05, 4.69) is 15.1 Å². The first-order chi connectivity index (χ1) is 17.3. The maximum absolute atomic E-state index is 13.4. The molecule has 1 saturated heterocycles. The fourth-order valence-electron chi connectivity index (χ4n) is 4.53. The molecule has 0 radical (unpaired) electrons. The quantitative estimate of drug-likeness (QED) is 0.465. The Bertz CT molecular complexity index is 1030. The molecule has 36 heavy (non-hydrogen) atoms. The van der Waals surface area contributed by atoms with Crippen molar-refractivity contribution in [2.45, 2.75) is 29.3 Å². The monoisotopic (exact) mass is 522 g/mol. The number of hydrogen-bond donors (Lipinski definition) is 1. The van der Waals surface area contributed by atoms with Crippen LogP contribution in [0.5, 0.6) is 0 Å². The minimum absolute atomic E-state index is 0.0478. The van der Waals surface area contributed by atoms with Crippen LogP contribution in [0.15, 0.2) is 52.3 Å². The van der Waals surface area contributed by atoms with Crippen LogP contribution in [0.25, 0.3) is 0 Å². The largest absolute Gasteiger partial charge is 0.416 e. The van der Waals surface area contributed by atoms with Crippen molar-refractivity contribution in [2.24, 2.45) is 0 Å². The van der Waals surface area contributed by atoms with Crippen LogP contribution < -0.4 is 10.2 Å². The minimum atomic E-state index is -4.36. The van der Waals surface area contributed by atoms with Crippen molar-refractivity contribution in [3.63, 3.8) is 0 Å². The second-order valence-electron chi connectivity index (χ2n) is 9.03. The molecule has 1 amide bonds. The van der Waals surface area contributed by atoms with Gasteiger partial charge in [-0.2, -0.15) is 13.2 Å². The molecule has 196 valence electrons. The predicted octanol–water partition coefficient (Wildman–Crippen LogP) is 4.47. The Labute approximate surface area is 214 Å². The summed E-state index contributed by atoms with van der Waals surface area (Å²) in [5.74, 6) is -0.0478. The second kappa shape index (κ2) is 12.3. The summed E-state index contributed by atoms with van der Waals surface area (Å²) in [6, 6.07) is 12.0. The molecule has 0 bridgehead atoms. The number of hydrogen-bond acceptors (Lipinski definition) is 6. The van der Waals surface area contributed by atoms with Crippen LogP contribution in [0.2, 0.25) is 0 Å². The molecule has 2 aliphatic heterocycles. The van der Waals surface area contributed by atoms with E-state index in [1.165, 1.54) is 30.8 Å². The van der Waals surface area contributed by atoms with Crippen LogP contribution in [-0.2, 0) is 15.7 Å². The molecule has 1 N–H and O–H groups in total. The zero-order chi connectivity index (χ0) is 25.5. The molecule has 4 rings (SSSR count). The molecule has 10 heteroatoms. The molecule has 1 fully saturated rings. The summed E-state index contributed by atoms with van der Waals surface area (Å²) in [5.41, 5.74) is 0.996. The van der Waals surface area contributed by atoms with Crippen molar-refractivity contribution in [3.05, 3.63) is 48.0 Å². The lowest BCUT2D eigenvalue weighted by Crippen LogP contribution is -2.47. The summed E-state index contributed by atoms with van der Waals surface area (Å²) < 4.78 is 45.8. The Morgan fingerprint density at radius 2 is 1.64 bits per heavy atom. The molecule has 0 aromatic heterocycles. The molecule has 0 atom stereocenters. The number of nitrogens with zero attached hydrogens (tertiary/aromatic N) is 3. The average Bonchev–Trinajstić information content (AvgIpc) is 2.85. The highest BCUT2D eigenvalue weighted by Crippen LogP contribution is 2.49. The fourth-order valence-corrected chi connectivity index (χ4v) is 5.61. The van der Waals surface area contributed by atoms with Crippen molar-refractivity contribution in [3.8, 4) is 0 Å². The topological polar surface area (TPSA) is 48.1 Å². The number of halogens is 3. The molecule has 0 spiro atoms. The van der Waals surface area contributed by atoms with E-state index in [1.807, 2.05) is 29.2 Å². The number of benzene rings is 2. The Morgan fingerprint density at radius 1 is 0.944 bits per heavy atom. The van der Waals surface area contributed by atoms with Crippen LogP contribution in [0, 0.1) is 0 Å². The van der Waals surface area contributed by atoms with Gasteiger partial charge in [0.05, 0.1) is 30.2 Å². The number of rotatable bonds is 10. The van der Waals surface area contributed by atoms with Gasteiger partial charge in [0.2, 0.25) is 5.91 Å². The molecule has 2 aliphatic rings. The minimum Gasteiger partial charge on any atom is -0.378 e. The number of nitrogens with one attached hydrogen (secondary N) is 1. The number of anilines is 2. The Balaban J connectivity index is 1.26. The van der Waals surface area contributed by atoms with Gasteiger partial charge in [0.15, 0.2) is 0 Å². The lowest BCUT2D eigenvalue weighted by molar-refractivity contribution is -0.137. The summed E-state index contributed by atoms with van der Waals surface area (Å²) in [4.78, 5) is 19.6. The summed E-state index contributed by atoms with van der Waals surface area (Å²) >= 11 is 1.53. The number of fused-ring (bicyclic) bond motifs is 2. The van der Waals surface area contributed by atoms with E-state index < -0.39 is 11.7 Å². The lowest BCUT2D eigenvalue weighted by Gasteiger charge is -2.36. The van der Waals surface area contributed by atoms with Crippen molar-refractivity contribution in [1.29, 1.82) is 0 Å². The van der Waals surface area contributed by atoms with Crippen LogP contribution in [0.4, 0.5) is 24.5 Å². The van der Waals surface area contributed by atoms with Crippen molar-refractivity contribution >= 4 is 29.0 Å². The summed E-state index contributed by atoms with van der Waals surface area (Å²) in [7, 11) is 0. The highest BCUT2D eigenvalue weighted by Gasteiger charge is 2.33. The Morgan fingerprint density at radius 3 is 2.36 bits per heavy atom. The molecule has 6 nitrogen and oxygen atoms in total. The van der Waals surface area contributed by atoms with E-state index in [1.54, 1.807) is 6.07 Å². The normalized spacial score (nSPS) is 16.5. The molecule has 2 aromatic rings. The molecule has 0 saturated carbocycles. The number of amides is 1. The fraction of sp³-hybridized carbons (Fsp3) is 0.500. The number of para-hydroxylation sites is 1. The zero-order valence-electron chi connectivity index (χ0n) is 20.5. The van der Waals surface area contributed by atoms with Gasteiger partial charge in [-0.05, 0) is 43.3 Å². The molecule has 0 unspecified atom stereocenters. The van der Waals surface area contributed by atoms with E-state index in [9.17, 15) is 18.0 Å². The van der Waals surface area contributed by atoms with E-state index in [-0.39, 0.29) is 5.91 Å². The molecule has 2 aromatic carbocycles. The second-order valence-corrected chi connectivity index (χ2v) is 10.1. The van der Waals surface area contributed by atoms with Crippen LogP contribution in [-0.4, -0.2) is 81.3 Å². The van der Waals surface area contributed by atoms with E-state index in [4.69, 9.17) is 4.74 Å². The van der Waals surface area contributed by atoms with Crippen molar-refractivity contribution in [1.82, 2.24) is 15.1 Å². The number of piperazine rings is 1. The third-order valence-corrected chi connectivity index (χ3v) is 7.58. The molecule has 2 heterocycles. The van der Waals surface area contributed by atoms with Crippen LogP contribution in [0.3, 0.4) is 0 Å². The maximum atomic E-state index is 13.4. The van der Waals surface area contributed by atoms with Gasteiger partial charge < -0.3 is 19.9 Å². The standard InChI is InChI=1S/C26H33F3N4O2S/c1-20(34)30-9-17-35-18-16-32-14-12-31(13-15-32)10-4-11-33-22-5-2-3-6-24(22)36-25-8-7-21(19-23(25)33)26(27,28)29/h2-3,5-8,19H,4,9-18H2,1H3,(H,30,34). The average molecular weight is 523 g/mol. The van der Waals surface area contributed by atoms with Gasteiger partial charge in [-0.25, -0.2) is 0 Å². The molecular weight excluding hydrogens is 489 g/mol. The van der Waals surface area contributed by atoms with Crippen LogP contribution in [0.1, 0.15) is 18.9 Å². The third-order valence-electron chi connectivity index (χ3n) is 6.45. The number of ether oxygens (including phenoxy) is 1. The van der Waals surface area contributed by atoms with Gasteiger partial charge in [-0.15, -0.1) is 0 Å².